The van der Waals surface area contributed by atoms with Gasteiger partial charge < -0.3 is 10.1 Å². The van der Waals surface area contributed by atoms with Gasteiger partial charge in [0.05, 0.1) is 5.52 Å². The Labute approximate surface area is 211 Å². The van der Waals surface area contributed by atoms with Crippen molar-refractivity contribution in [3.05, 3.63) is 71.4 Å². The molecule has 190 valence electrons. The van der Waals surface area contributed by atoms with Crippen LogP contribution in [0.1, 0.15) is 54.2 Å². The summed E-state index contributed by atoms with van der Waals surface area (Å²) >= 11 is 0. The lowest BCUT2D eigenvalue weighted by molar-refractivity contribution is -0.129. The second-order valence-corrected chi connectivity index (χ2v) is 9.48. The van der Waals surface area contributed by atoms with E-state index in [1.165, 1.54) is 0 Å². The SMILES string of the molecule is Cc1cc(COc2ccc(C(=O)NC3CCCN(C(C)CCC(=O)NO)C3)cc2)c2ccccc2n1. The molecule has 1 saturated heterocycles. The highest BCUT2D eigenvalue weighted by atomic mass is 16.5. The van der Waals surface area contributed by atoms with Crippen LogP contribution in [0.4, 0.5) is 0 Å². The topological polar surface area (TPSA) is 104 Å². The van der Waals surface area contributed by atoms with Gasteiger partial charge in [-0.2, -0.15) is 0 Å². The highest BCUT2D eigenvalue weighted by molar-refractivity contribution is 5.94. The van der Waals surface area contributed by atoms with E-state index in [0.717, 1.165) is 48.1 Å². The molecule has 2 atom stereocenters. The van der Waals surface area contributed by atoms with E-state index < -0.39 is 0 Å². The summed E-state index contributed by atoms with van der Waals surface area (Å²) in [5.41, 5.74) is 5.25. The summed E-state index contributed by atoms with van der Waals surface area (Å²) in [6.45, 7) is 6.15. The molecule has 8 heteroatoms. The second-order valence-electron chi connectivity index (χ2n) is 9.48. The smallest absolute Gasteiger partial charge is 0.251 e. The van der Waals surface area contributed by atoms with Crippen LogP contribution in [0.2, 0.25) is 0 Å². The molecular weight excluding hydrogens is 456 g/mol. The van der Waals surface area contributed by atoms with Crippen LogP contribution in [0, 0.1) is 6.92 Å². The maximum Gasteiger partial charge on any atom is 0.251 e. The van der Waals surface area contributed by atoms with E-state index in [1.807, 2.05) is 49.4 Å². The Bertz CT molecular complexity index is 1200. The number of rotatable bonds is 9. The number of nitrogens with one attached hydrogen (secondary N) is 2. The molecule has 2 amide bonds. The number of hydrogen-bond acceptors (Lipinski definition) is 6. The number of carbonyl (C=O) groups is 2. The minimum absolute atomic E-state index is 0.0551. The number of ether oxygens (including phenoxy) is 1. The minimum Gasteiger partial charge on any atom is -0.489 e. The highest BCUT2D eigenvalue weighted by Crippen LogP contribution is 2.21. The fourth-order valence-corrected chi connectivity index (χ4v) is 4.75. The van der Waals surface area contributed by atoms with E-state index in [0.29, 0.717) is 24.3 Å². The van der Waals surface area contributed by atoms with Crippen molar-refractivity contribution >= 4 is 22.7 Å². The number of amides is 2. The molecule has 8 nitrogen and oxygen atoms in total. The normalized spacial score (nSPS) is 16.9. The number of carbonyl (C=O) groups excluding carboxylic acids is 2. The number of piperidine rings is 1. The number of benzene rings is 2. The Morgan fingerprint density at radius 2 is 1.97 bits per heavy atom. The van der Waals surface area contributed by atoms with Gasteiger partial charge in [-0.05, 0) is 76.1 Å². The number of aryl methyl sites for hydroxylation is 1. The summed E-state index contributed by atoms with van der Waals surface area (Å²) in [4.78, 5) is 31.0. The third kappa shape index (κ3) is 6.59. The van der Waals surface area contributed by atoms with Crippen LogP contribution >= 0.6 is 0 Å². The molecule has 1 aromatic heterocycles. The third-order valence-electron chi connectivity index (χ3n) is 6.77. The van der Waals surface area contributed by atoms with Crippen LogP contribution in [0.15, 0.2) is 54.6 Å². The van der Waals surface area contributed by atoms with Crippen molar-refractivity contribution in [2.45, 2.75) is 58.2 Å². The lowest BCUT2D eigenvalue weighted by atomic mass is 10.0. The first-order valence-corrected chi connectivity index (χ1v) is 12.5. The van der Waals surface area contributed by atoms with Crippen molar-refractivity contribution in [2.75, 3.05) is 13.1 Å². The summed E-state index contributed by atoms with van der Waals surface area (Å²) in [5.74, 6) is 0.228. The summed E-state index contributed by atoms with van der Waals surface area (Å²) in [7, 11) is 0. The van der Waals surface area contributed by atoms with Crippen molar-refractivity contribution < 1.29 is 19.5 Å². The lowest BCUT2D eigenvalue weighted by Crippen LogP contribution is -2.50. The summed E-state index contributed by atoms with van der Waals surface area (Å²) in [6.07, 6.45) is 2.84. The molecule has 2 aromatic carbocycles. The Hall–Kier alpha value is -3.49. The van der Waals surface area contributed by atoms with Gasteiger partial charge in [0.25, 0.3) is 5.91 Å². The highest BCUT2D eigenvalue weighted by Gasteiger charge is 2.25. The lowest BCUT2D eigenvalue weighted by Gasteiger charge is -2.37. The first kappa shape index (κ1) is 25.6. The van der Waals surface area contributed by atoms with Crippen LogP contribution < -0.4 is 15.5 Å². The van der Waals surface area contributed by atoms with E-state index in [1.54, 1.807) is 17.6 Å². The molecule has 0 bridgehead atoms. The van der Waals surface area contributed by atoms with E-state index in [-0.39, 0.29) is 30.3 Å². The van der Waals surface area contributed by atoms with Gasteiger partial charge in [-0.15, -0.1) is 0 Å². The second kappa shape index (κ2) is 12.0. The Morgan fingerprint density at radius 1 is 1.19 bits per heavy atom. The van der Waals surface area contributed by atoms with E-state index in [4.69, 9.17) is 9.94 Å². The molecule has 0 saturated carbocycles. The molecule has 2 heterocycles. The zero-order chi connectivity index (χ0) is 25.5. The molecule has 2 unspecified atom stereocenters. The van der Waals surface area contributed by atoms with Crippen molar-refractivity contribution in [2.24, 2.45) is 0 Å². The average Bonchev–Trinajstić information content (AvgIpc) is 2.90. The number of hydroxylamine groups is 1. The number of hydrogen-bond donors (Lipinski definition) is 3. The van der Waals surface area contributed by atoms with Gasteiger partial charge in [-0.1, -0.05) is 18.2 Å². The Morgan fingerprint density at radius 3 is 2.75 bits per heavy atom. The molecule has 0 radical (unpaired) electrons. The van der Waals surface area contributed by atoms with E-state index in [2.05, 4.69) is 22.1 Å². The maximum atomic E-state index is 12.9. The average molecular weight is 491 g/mol. The zero-order valence-electron chi connectivity index (χ0n) is 20.9. The van der Waals surface area contributed by atoms with Gasteiger partial charge >= 0.3 is 0 Å². The quantitative estimate of drug-likeness (QED) is 0.310. The van der Waals surface area contributed by atoms with E-state index in [9.17, 15) is 9.59 Å². The zero-order valence-corrected chi connectivity index (χ0v) is 20.9. The first-order chi connectivity index (χ1) is 17.4. The van der Waals surface area contributed by atoms with Gasteiger partial charge in [0.2, 0.25) is 5.91 Å². The molecular formula is C28H34N4O4. The fraction of sp³-hybridized carbons (Fsp3) is 0.393. The van der Waals surface area contributed by atoms with Crippen LogP contribution in [0.5, 0.6) is 5.75 Å². The molecule has 4 rings (SSSR count). The third-order valence-corrected chi connectivity index (χ3v) is 6.77. The van der Waals surface area contributed by atoms with Gasteiger partial charge in [0.1, 0.15) is 12.4 Å². The Kier molecular flexibility index (Phi) is 8.51. The van der Waals surface area contributed by atoms with Gasteiger partial charge in [-0.25, -0.2) is 5.48 Å². The monoisotopic (exact) mass is 490 g/mol. The van der Waals surface area contributed by atoms with Crippen molar-refractivity contribution in [3.63, 3.8) is 0 Å². The molecule has 1 aliphatic heterocycles. The van der Waals surface area contributed by atoms with Gasteiger partial charge in [0, 0.05) is 47.3 Å². The van der Waals surface area contributed by atoms with Crippen LogP contribution in [-0.2, 0) is 11.4 Å². The molecule has 1 fully saturated rings. The van der Waals surface area contributed by atoms with Crippen molar-refractivity contribution in [3.8, 4) is 5.75 Å². The summed E-state index contributed by atoms with van der Waals surface area (Å²) in [6, 6.07) is 17.5. The maximum absolute atomic E-state index is 12.9. The summed E-state index contributed by atoms with van der Waals surface area (Å²) < 4.78 is 6.02. The standard InChI is InChI=1S/C28H34N4O4/c1-19-16-22(25-7-3-4-8-26(25)29-19)18-36-24-12-10-21(11-13-24)28(34)30-23-6-5-15-32(17-23)20(2)9-14-27(33)31-35/h3-4,7-8,10-13,16,20,23,35H,5-6,9,14-15,17-18H2,1-2H3,(H,30,34)(H,31,33). The first-order valence-electron chi connectivity index (χ1n) is 12.5. The molecule has 3 aromatic rings. The number of fused-ring (bicyclic) bond motifs is 1. The number of aromatic nitrogens is 1. The number of likely N-dealkylation sites (tertiary alicyclic amines) is 1. The predicted molar refractivity (Wildman–Crippen MR) is 138 cm³/mol. The molecule has 36 heavy (non-hydrogen) atoms. The van der Waals surface area contributed by atoms with Crippen LogP contribution in [0.3, 0.4) is 0 Å². The van der Waals surface area contributed by atoms with E-state index >= 15 is 0 Å². The molecule has 3 N–H and O–H groups in total. The largest absolute Gasteiger partial charge is 0.489 e. The fourth-order valence-electron chi connectivity index (χ4n) is 4.75. The summed E-state index contributed by atoms with van der Waals surface area (Å²) in [5, 5.41) is 12.9. The predicted octanol–water partition coefficient (Wildman–Crippen LogP) is 3.99. The van der Waals surface area contributed by atoms with Crippen molar-refractivity contribution in [1.29, 1.82) is 0 Å². The van der Waals surface area contributed by atoms with Gasteiger partial charge in [-0.3, -0.25) is 24.7 Å². The molecule has 0 spiro atoms. The number of para-hydroxylation sites is 1. The van der Waals surface area contributed by atoms with Crippen LogP contribution in [0.25, 0.3) is 10.9 Å². The molecule has 1 aliphatic rings. The van der Waals surface area contributed by atoms with Crippen molar-refractivity contribution in [1.82, 2.24) is 20.7 Å². The van der Waals surface area contributed by atoms with Crippen LogP contribution in [-0.4, -0.2) is 52.1 Å². The van der Waals surface area contributed by atoms with Gasteiger partial charge in [0.15, 0.2) is 0 Å². The number of pyridine rings is 1. The Balaban J connectivity index is 1.30. The number of nitrogens with zero attached hydrogens (tertiary/aromatic N) is 2. The molecule has 0 aliphatic carbocycles. The minimum atomic E-state index is -0.375.